The van der Waals surface area contributed by atoms with E-state index in [9.17, 15) is 4.79 Å². The van der Waals surface area contributed by atoms with Crippen LogP contribution in [0.5, 0.6) is 0 Å². The zero-order chi connectivity index (χ0) is 11.3. The lowest BCUT2D eigenvalue weighted by Gasteiger charge is -2.16. The number of benzene rings is 1. The first-order chi connectivity index (χ1) is 7.65. The van der Waals surface area contributed by atoms with Gasteiger partial charge in [0.1, 0.15) is 0 Å². The van der Waals surface area contributed by atoms with Gasteiger partial charge in [-0.25, -0.2) is 0 Å². The molecule has 0 saturated carbocycles. The predicted molar refractivity (Wildman–Crippen MR) is 63.9 cm³/mol. The van der Waals surface area contributed by atoms with Crippen molar-refractivity contribution >= 4 is 28.3 Å². The largest absolute Gasteiger partial charge is 0.358 e. The summed E-state index contributed by atoms with van der Waals surface area (Å²) in [7, 11) is 0. The molecule has 1 aromatic carbocycles. The molecule has 3 N–H and O–H groups in total. The van der Waals surface area contributed by atoms with E-state index in [4.69, 9.17) is 17.3 Å². The number of rotatable bonds is 0. The molecule has 3 rings (SSSR count). The van der Waals surface area contributed by atoms with Crippen molar-refractivity contribution in [1.29, 1.82) is 0 Å². The molecule has 0 fully saturated rings. The molecule has 0 radical (unpaired) electrons. The number of Topliss-reactive ketones (excluding diaryl/α,β-unsaturated/α-hetero) is 1. The van der Waals surface area contributed by atoms with E-state index in [1.165, 1.54) is 0 Å². The van der Waals surface area contributed by atoms with Crippen LogP contribution in [0, 0.1) is 0 Å². The van der Waals surface area contributed by atoms with Gasteiger partial charge in [-0.15, -0.1) is 0 Å². The van der Waals surface area contributed by atoms with E-state index in [-0.39, 0.29) is 11.8 Å². The van der Waals surface area contributed by atoms with E-state index >= 15 is 0 Å². The van der Waals surface area contributed by atoms with E-state index in [2.05, 4.69) is 4.98 Å². The third-order valence-electron chi connectivity index (χ3n) is 3.03. The first-order valence-electron chi connectivity index (χ1n) is 5.24. The summed E-state index contributed by atoms with van der Waals surface area (Å²) in [6.45, 7) is 0. The van der Waals surface area contributed by atoms with Crippen molar-refractivity contribution in [3.05, 3.63) is 34.5 Å². The molecule has 16 heavy (non-hydrogen) atoms. The highest BCUT2D eigenvalue weighted by molar-refractivity contribution is 6.31. The normalized spacial score (nSPS) is 20.1. The minimum absolute atomic E-state index is 0.0662. The lowest BCUT2D eigenvalue weighted by atomic mass is 9.91. The number of halogens is 1. The molecule has 82 valence electrons. The summed E-state index contributed by atoms with van der Waals surface area (Å²) in [6.07, 6.45) is 1.16. The summed E-state index contributed by atoms with van der Waals surface area (Å²) in [6, 6.07) is 5.47. The van der Waals surface area contributed by atoms with Crippen molar-refractivity contribution in [2.24, 2.45) is 5.73 Å². The number of H-pyrrole nitrogens is 1. The summed E-state index contributed by atoms with van der Waals surface area (Å²) >= 11 is 5.92. The van der Waals surface area contributed by atoms with Crippen LogP contribution >= 0.6 is 11.6 Å². The average Bonchev–Trinajstić information content (AvgIpc) is 2.54. The van der Waals surface area contributed by atoms with Crippen LogP contribution in [-0.4, -0.2) is 16.8 Å². The molecule has 0 spiro atoms. The summed E-state index contributed by atoms with van der Waals surface area (Å²) in [5.41, 5.74) is 8.49. The standard InChI is InChI=1S/C12H11ClN2O/c13-6-1-2-8-9(3-6)15-10-4-7(14)5-11(16)12(8)10/h1-3,7,15H,4-5,14H2. The Balaban J connectivity index is 2.30. The van der Waals surface area contributed by atoms with Crippen molar-refractivity contribution in [3.63, 3.8) is 0 Å². The second-order valence-electron chi connectivity index (χ2n) is 4.26. The summed E-state index contributed by atoms with van der Waals surface area (Å²) in [5, 5.41) is 1.62. The molecule has 1 heterocycles. The number of nitrogens with one attached hydrogen (secondary N) is 1. The lowest BCUT2D eigenvalue weighted by Crippen LogP contribution is -2.31. The summed E-state index contributed by atoms with van der Waals surface area (Å²) in [5.74, 6) is 0.127. The van der Waals surface area contributed by atoms with Crippen molar-refractivity contribution in [2.45, 2.75) is 18.9 Å². The van der Waals surface area contributed by atoms with Crippen LogP contribution in [0.15, 0.2) is 18.2 Å². The van der Waals surface area contributed by atoms with Gasteiger partial charge in [0.15, 0.2) is 5.78 Å². The van der Waals surface area contributed by atoms with E-state index in [0.717, 1.165) is 28.6 Å². The van der Waals surface area contributed by atoms with Gasteiger partial charge in [0, 0.05) is 46.1 Å². The Morgan fingerprint density at radius 2 is 2.19 bits per heavy atom. The fourth-order valence-corrected chi connectivity index (χ4v) is 2.54. The Labute approximate surface area is 97.6 Å². The van der Waals surface area contributed by atoms with E-state index in [1.807, 2.05) is 12.1 Å². The third-order valence-corrected chi connectivity index (χ3v) is 3.27. The van der Waals surface area contributed by atoms with Gasteiger partial charge in [0.2, 0.25) is 0 Å². The second-order valence-corrected chi connectivity index (χ2v) is 4.70. The van der Waals surface area contributed by atoms with Crippen LogP contribution < -0.4 is 5.73 Å². The second kappa shape index (κ2) is 3.34. The topological polar surface area (TPSA) is 58.9 Å². The van der Waals surface area contributed by atoms with Crippen LogP contribution in [0.1, 0.15) is 22.5 Å². The highest BCUT2D eigenvalue weighted by Gasteiger charge is 2.26. The SMILES string of the molecule is NC1CC(=O)c2c([nH]c3cc(Cl)ccc23)C1. The van der Waals surface area contributed by atoms with E-state index in [0.29, 0.717) is 11.4 Å². The van der Waals surface area contributed by atoms with Crippen molar-refractivity contribution in [2.75, 3.05) is 0 Å². The Bertz CT molecular complexity index is 588. The monoisotopic (exact) mass is 234 g/mol. The van der Waals surface area contributed by atoms with E-state index in [1.54, 1.807) is 6.07 Å². The number of carbonyl (C=O) groups is 1. The Morgan fingerprint density at radius 3 is 3.00 bits per heavy atom. The number of aromatic amines is 1. The van der Waals surface area contributed by atoms with Crippen LogP contribution in [0.25, 0.3) is 10.9 Å². The average molecular weight is 235 g/mol. The van der Waals surface area contributed by atoms with Gasteiger partial charge in [-0.2, -0.15) is 0 Å². The molecule has 3 nitrogen and oxygen atoms in total. The van der Waals surface area contributed by atoms with Gasteiger partial charge in [-0.1, -0.05) is 17.7 Å². The smallest absolute Gasteiger partial charge is 0.166 e. The number of hydrogen-bond donors (Lipinski definition) is 2. The fraction of sp³-hybridized carbons (Fsp3) is 0.250. The van der Waals surface area contributed by atoms with Crippen molar-refractivity contribution in [3.8, 4) is 0 Å². The maximum absolute atomic E-state index is 11.9. The highest BCUT2D eigenvalue weighted by atomic mass is 35.5. The molecule has 1 aliphatic carbocycles. The Hall–Kier alpha value is -1.32. The maximum Gasteiger partial charge on any atom is 0.166 e. The Kier molecular flexibility index (Phi) is 2.06. The maximum atomic E-state index is 11.9. The number of carbonyl (C=O) groups excluding carboxylic acids is 1. The first kappa shape index (κ1) is 9.87. The van der Waals surface area contributed by atoms with Gasteiger partial charge >= 0.3 is 0 Å². The summed E-state index contributed by atoms with van der Waals surface area (Å²) < 4.78 is 0. The molecule has 0 aliphatic heterocycles. The van der Waals surface area contributed by atoms with Crippen LogP contribution in [0.4, 0.5) is 0 Å². The lowest BCUT2D eigenvalue weighted by molar-refractivity contribution is 0.0967. The molecule has 1 aromatic heterocycles. The zero-order valence-corrected chi connectivity index (χ0v) is 9.34. The number of nitrogens with two attached hydrogens (primary N) is 1. The molecule has 0 amide bonds. The Morgan fingerprint density at radius 1 is 1.38 bits per heavy atom. The van der Waals surface area contributed by atoms with Crippen molar-refractivity contribution < 1.29 is 4.79 Å². The third kappa shape index (κ3) is 1.36. The molecular weight excluding hydrogens is 224 g/mol. The quantitative estimate of drug-likeness (QED) is 0.735. The highest BCUT2D eigenvalue weighted by Crippen LogP contribution is 2.30. The minimum atomic E-state index is -0.0662. The van der Waals surface area contributed by atoms with Gasteiger partial charge in [0.05, 0.1) is 0 Å². The van der Waals surface area contributed by atoms with Gasteiger partial charge in [0.25, 0.3) is 0 Å². The minimum Gasteiger partial charge on any atom is -0.358 e. The zero-order valence-electron chi connectivity index (χ0n) is 8.59. The first-order valence-corrected chi connectivity index (χ1v) is 5.62. The molecule has 0 saturated heterocycles. The molecule has 0 bridgehead atoms. The molecular formula is C12H11ClN2O. The number of fused-ring (bicyclic) bond motifs is 3. The number of ketones is 1. The molecule has 2 aromatic rings. The van der Waals surface area contributed by atoms with Crippen LogP contribution in [0.3, 0.4) is 0 Å². The fourth-order valence-electron chi connectivity index (χ4n) is 2.37. The molecule has 1 unspecified atom stereocenters. The molecule has 4 heteroatoms. The van der Waals surface area contributed by atoms with Gasteiger partial charge < -0.3 is 10.7 Å². The van der Waals surface area contributed by atoms with Gasteiger partial charge in [-0.3, -0.25) is 4.79 Å². The number of aromatic nitrogens is 1. The molecule has 1 atom stereocenters. The van der Waals surface area contributed by atoms with Gasteiger partial charge in [-0.05, 0) is 12.1 Å². The predicted octanol–water partition coefficient (Wildman–Crippen LogP) is 2.28. The number of hydrogen-bond acceptors (Lipinski definition) is 2. The van der Waals surface area contributed by atoms with Crippen LogP contribution in [-0.2, 0) is 6.42 Å². The summed E-state index contributed by atoms with van der Waals surface area (Å²) in [4.78, 5) is 15.2. The van der Waals surface area contributed by atoms with E-state index < -0.39 is 0 Å². The van der Waals surface area contributed by atoms with Crippen LogP contribution in [0.2, 0.25) is 5.02 Å². The molecule has 1 aliphatic rings. The van der Waals surface area contributed by atoms with Crippen molar-refractivity contribution in [1.82, 2.24) is 4.98 Å².